The lowest BCUT2D eigenvalue weighted by Gasteiger charge is -2.16. The second-order valence-electron chi connectivity index (χ2n) is 5.78. The summed E-state index contributed by atoms with van der Waals surface area (Å²) >= 11 is 30.8. The molecule has 2 N–H and O–H groups in total. The Labute approximate surface area is 187 Å². The average molecular weight is 499 g/mol. The number of nitrogens with zero attached hydrogens (tertiary/aromatic N) is 1. The fraction of sp³-hybridized carbons (Fsp3) is 0. The number of nitro groups is 1. The summed E-state index contributed by atoms with van der Waals surface area (Å²) in [4.78, 5) is 10.8. The summed E-state index contributed by atoms with van der Waals surface area (Å²) in [6, 6.07) is 5.19. The van der Waals surface area contributed by atoms with E-state index in [0.29, 0.717) is 6.07 Å². The summed E-state index contributed by atoms with van der Waals surface area (Å²) in [5, 5.41) is 10.5. The molecule has 0 aliphatic heterocycles. The molecule has 0 fully saturated rings. The first-order valence-electron chi connectivity index (χ1n) is 7.59. The largest absolute Gasteiger partial charge is 0.398 e. The van der Waals surface area contributed by atoms with Crippen LogP contribution in [0.25, 0.3) is 22.3 Å². The first kappa shape index (κ1) is 21.9. The maximum Gasteiger partial charge on any atom is 0.278 e. The van der Waals surface area contributed by atoms with Crippen LogP contribution in [0, 0.1) is 21.7 Å². The van der Waals surface area contributed by atoms with Gasteiger partial charge in [-0.2, -0.15) is 0 Å². The second-order valence-corrected chi connectivity index (χ2v) is 7.70. The Morgan fingerprint density at radius 1 is 0.828 bits per heavy atom. The van der Waals surface area contributed by atoms with E-state index in [9.17, 15) is 18.9 Å². The Morgan fingerprint density at radius 2 is 1.45 bits per heavy atom. The van der Waals surface area contributed by atoms with Crippen molar-refractivity contribution in [3.8, 4) is 22.3 Å². The van der Waals surface area contributed by atoms with E-state index >= 15 is 0 Å². The van der Waals surface area contributed by atoms with Crippen molar-refractivity contribution in [1.29, 1.82) is 0 Å². The molecule has 0 radical (unpaired) electrons. The highest BCUT2D eigenvalue weighted by Gasteiger charge is 2.27. The zero-order valence-electron chi connectivity index (χ0n) is 13.9. The minimum absolute atomic E-state index is 0.0186. The van der Waals surface area contributed by atoms with Crippen molar-refractivity contribution in [3.05, 3.63) is 77.2 Å². The van der Waals surface area contributed by atoms with Crippen LogP contribution in [0.15, 0.2) is 30.3 Å². The monoisotopic (exact) mass is 496 g/mol. The van der Waals surface area contributed by atoms with Gasteiger partial charge in [0, 0.05) is 34.5 Å². The van der Waals surface area contributed by atoms with Crippen LogP contribution >= 0.6 is 58.0 Å². The average Bonchev–Trinajstić information content (AvgIpc) is 2.64. The molecule has 4 nitrogen and oxygen atoms in total. The molecule has 0 heterocycles. The first-order valence-corrected chi connectivity index (χ1v) is 9.48. The third-order valence-corrected chi connectivity index (χ3v) is 6.09. The molecule has 0 saturated carbocycles. The van der Waals surface area contributed by atoms with E-state index in [2.05, 4.69) is 0 Å². The van der Waals surface area contributed by atoms with Gasteiger partial charge in [0.25, 0.3) is 5.69 Å². The van der Waals surface area contributed by atoms with Crippen LogP contribution in [-0.2, 0) is 0 Å². The van der Waals surface area contributed by atoms with Crippen molar-refractivity contribution >= 4 is 69.4 Å². The quantitative estimate of drug-likeness (QED) is 0.172. The molecular weight excluding hydrogens is 491 g/mol. The molecule has 150 valence electrons. The van der Waals surface area contributed by atoms with Gasteiger partial charge in [-0.1, -0.05) is 58.0 Å². The van der Waals surface area contributed by atoms with Crippen molar-refractivity contribution in [3.63, 3.8) is 0 Å². The van der Waals surface area contributed by atoms with Gasteiger partial charge in [-0.3, -0.25) is 10.1 Å². The molecule has 29 heavy (non-hydrogen) atoms. The number of nitrogens with two attached hydrogens (primary N) is 1. The summed E-state index contributed by atoms with van der Waals surface area (Å²) in [6.07, 6.45) is 0. The molecule has 0 saturated heterocycles. The van der Waals surface area contributed by atoms with Crippen molar-refractivity contribution in [2.45, 2.75) is 0 Å². The van der Waals surface area contributed by atoms with Gasteiger partial charge in [0.1, 0.15) is 11.6 Å². The van der Waals surface area contributed by atoms with E-state index in [-0.39, 0.29) is 53.7 Å². The molecule has 0 aliphatic carbocycles. The Morgan fingerprint density at radius 3 is 2.07 bits per heavy atom. The highest BCUT2D eigenvalue weighted by molar-refractivity contribution is 6.48. The lowest BCUT2D eigenvalue weighted by molar-refractivity contribution is -0.384. The Kier molecular flexibility index (Phi) is 6.13. The molecule has 0 unspecified atom stereocenters. The minimum Gasteiger partial charge on any atom is -0.398 e. The SMILES string of the molecule is Nc1cc(-c2c([N+](=O)[O-])ccc(Cl)c2Cl)c(Cl)c(Cl)c1-c1cc(F)cc(F)c1Cl. The van der Waals surface area contributed by atoms with Crippen LogP contribution < -0.4 is 5.73 Å². The van der Waals surface area contributed by atoms with Gasteiger partial charge in [0.2, 0.25) is 0 Å². The number of nitrogen functional groups attached to an aromatic ring is 1. The second kappa shape index (κ2) is 8.13. The van der Waals surface area contributed by atoms with Crippen molar-refractivity contribution in [1.82, 2.24) is 0 Å². The summed E-state index contributed by atoms with van der Waals surface area (Å²) in [6.45, 7) is 0. The van der Waals surface area contributed by atoms with E-state index in [4.69, 9.17) is 63.7 Å². The van der Waals surface area contributed by atoms with Crippen LogP contribution in [0.1, 0.15) is 0 Å². The maximum atomic E-state index is 13.9. The summed E-state index contributed by atoms with van der Waals surface area (Å²) in [7, 11) is 0. The molecule has 0 aliphatic rings. The van der Waals surface area contributed by atoms with Crippen LogP contribution in [0.5, 0.6) is 0 Å². The van der Waals surface area contributed by atoms with E-state index in [1.54, 1.807) is 0 Å². The number of anilines is 1. The van der Waals surface area contributed by atoms with Gasteiger partial charge in [-0.05, 0) is 18.2 Å². The molecule has 11 heteroatoms. The lowest BCUT2D eigenvalue weighted by Crippen LogP contribution is -1.99. The van der Waals surface area contributed by atoms with Crippen LogP contribution in [0.3, 0.4) is 0 Å². The van der Waals surface area contributed by atoms with Crippen LogP contribution in [-0.4, -0.2) is 4.92 Å². The number of halogens is 7. The third kappa shape index (κ3) is 3.83. The van der Waals surface area contributed by atoms with Crippen LogP contribution in [0.4, 0.5) is 20.2 Å². The zero-order valence-corrected chi connectivity index (χ0v) is 17.7. The van der Waals surface area contributed by atoms with E-state index in [1.807, 2.05) is 0 Å². The topological polar surface area (TPSA) is 69.2 Å². The fourth-order valence-electron chi connectivity index (χ4n) is 2.79. The van der Waals surface area contributed by atoms with Gasteiger partial charge in [-0.15, -0.1) is 0 Å². The Balaban J connectivity index is 2.37. The molecule has 0 spiro atoms. The Bertz CT molecular complexity index is 1190. The predicted octanol–water partition coefficient (Wildman–Crippen LogP) is 8.06. The Hall–Kier alpha value is -1.83. The van der Waals surface area contributed by atoms with Gasteiger partial charge in [-0.25, -0.2) is 8.78 Å². The molecular formula is C18H7Cl5F2N2O2. The predicted molar refractivity (Wildman–Crippen MR) is 113 cm³/mol. The smallest absolute Gasteiger partial charge is 0.278 e. The highest BCUT2D eigenvalue weighted by Crippen LogP contribution is 2.50. The van der Waals surface area contributed by atoms with Gasteiger partial charge >= 0.3 is 0 Å². The van der Waals surface area contributed by atoms with Crippen molar-refractivity contribution in [2.24, 2.45) is 0 Å². The molecule has 0 atom stereocenters. The van der Waals surface area contributed by atoms with Crippen molar-refractivity contribution < 1.29 is 13.7 Å². The number of benzene rings is 3. The minimum atomic E-state index is -1.02. The molecule has 3 aromatic carbocycles. The van der Waals surface area contributed by atoms with Crippen molar-refractivity contribution in [2.75, 3.05) is 5.73 Å². The maximum absolute atomic E-state index is 13.9. The number of nitro benzene ring substituents is 1. The molecule has 0 bridgehead atoms. The highest BCUT2D eigenvalue weighted by atomic mass is 35.5. The van der Waals surface area contributed by atoms with Gasteiger partial charge in [0.05, 0.1) is 35.6 Å². The molecule has 3 aromatic rings. The van der Waals surface area contributed by atoms with E-state index in [1.165, 1.54) is 12.1 Å². The van der Waals surface area contributed by atoms with Gasteiger partial charge < -0.3 is 5.73 Å². The standard InChI is InChI=1S/C18H7Cl5F2N2O2/c19-9-1-2-12(27(28)29)14(17(9)22)8-5-11(26)13(18(23)16(8)21)7-3-6(24)4-10(25)15(7)20/h1-5H,26H2. The van der Waals surface area contributed by atoms with Crippen LogP contribution in [0.2, 0.25) is 25.1 Å². The van der Waals surface area contributed by atoms with Gasteiger partial charge in [0.15, 0.2) is 0 Å². The normalized spacial score (nSPS) is 11.0. The summed E-state index contributed by atoms with van der Waals surface area (Å²) in [5.41, 5.74) is 5.31. The number of hydrogen-bond donors (Lipinski definition) is 1. The fourth-order valence-corrected chi connectivity index (χ4v) is 3.97. The molecule has 3 rings (SSSR count). The summed E-state index contributed by atoms with van der Waals surface area (Å²) in [5.74, 6) is -1.93. The molecule has 0 aromatic heterocycles. The van der Waals surface area contributed by atoms with E-state index in [0.717, 1.165) is 12.1 Å². The number of rotatable bonds is 3. The lowest BCUT2D eigenvalue weighted by atomic mass is 9.96. The first-order chi connectivity index (χ1) is 13.5. The molecule has 0 amide bonds. The summed E-state index contributed by atoms with van der Waals surface area (Å²) < 4.78 is 27.6. The zero-order chi connectivity index (χ0) is 21.6. The number of hydrogen-bond acceptors (Lipinski definition) is 3. The third-order valence-electron chi connectivity index (χ3n) is 4.04. The van der Waals surface area contributed by atoms with E-state index < -0.39 is 21.6 Å².